The number of ether oxygens (including phenoxy) is 2. The van der Waals surface area contributed by atoms with Gasteiger partial charge in [0.2, 0.25) is 5.91 Å². The lowest BCUT2D eigenvalue weighted by Crippen LogP contribution is -2.10. The van der Waals surface area contributed by atoms with Crippen molar-refractivity contribution in [3.05, 3.63) is 58.3 Å². The molecule has 0 aliphatic rings. The van der Waals surface area contributed by atoms with Gasteiger partial charge in [-0.05, 0) is 52.7 Å². The Labute approximate surface area is 148 Å². The SMILES string of the molecule is CCOc1c(Br)cc(F)cc1NC(=O)/C=C/c1ccc(OC)cc1. The number of amides is 1. The Kier molecular flexibility index (Phi) is 6.37. The van der Waals surface area contributed by atoms with Crippen molar-refractivity contribution in [2.75, 3.05) is 19.0 Å². The number of halogens is 2. The van der Waals surface area contributed by atoms with E-state index in [1.54, 1.807) is 25.3 Å². The van der Waals surface area contributed by atoms with Gasteiger partial charge in [0.25, 0.3) is 0 Å². The molecule has 0 aromatic heterocycles. The van der Waals surface area contributed by atoms with Crippen LogP contribution in [0.15, 0.2) is 46.9 Å². The van der Waals surface area contributed by atoms with Crippen molar-refractivity contribution >= 4 is 33.6 Å². The fraction of sp³-hybridized carbons (Fsp3) is 0.167. The molecule has 0 radical (unpaired) electrons. The van der Waals surface area contributed by atoms with E-state index in [1.165, 1.54) is 18.2 Å². The third-order valence-corrected chi connectivity index (χ3v) is 3.69. The number of benzene rings is 2. The predicted octanol–water partition coefficient (Wildman–Crippen LogP) is 4.65. The van der Waals surface area contributed by atoms with Gasteiger partial charge in [0, 0.05) is 12.1 Å². The molecule has 2 rings (SSSR count). The Bertz CT molecular complexity index is 745. The Balaban J connectivity index is 2.12. The van der Waals surface area contributed by atoms with Crippen LogP contribution < -0.4 is 14.8 Å². The quantitative estimate of drug-likeness (QED) is 0.726. The zero-order valence-electron chi connectivity index (χ0n) is 13.3. The van der Waals surface area contributed by atoms with E-state index in [4.69, 9.17) is 9.47 Å². The topological polar surface area (TPSA) is 47.6 Å². The number of methoxy groups -OCH3 is 1. The first-order chi connectivity index (χ1) is 11.5. The third-order valence-electron chi connectivity index (χ3n) is 3.10. The van der Waals surface area contributed by atoms with Crippen LogP contribution >= 0.6 is 15.9 Å². The van der Waals surface area contributed by atoms with Gasteiger partial charge in [-0.1, -0.05) is 12.1 Å². The first-order valence-electron chi connectivity index (χ1n) is 7.28. The van der Waals surface area contributed by atoms with Crippen LogP contribution in [-0.4, -0.2) is 19.6 Å². The van der Waals surface area contributed by atoms with Gasteiger partial charge in [-0.25, -0.2) is 4.39 Å². The highest BCUT2D eigenvalue weighted by Crippen LogP contribution is 2.34. The standard InChI is InChI=1S/C18H17BrFNO3/c1-3-24-18-15(19)10-13(20)11-16(18)21-17(22)9-6-12-4-7-14(23-2)8-5-12/h4-11H,3H2,1-2H3,(H,21,22)/b9-6+. The molecule has 126 valence electrons. The first kappa shape index (κ1) is 18.0. The number of hydrogen-bond donors (Lipinski definition) is 1. The summed E-state index contributed by atoms with van der Waals surface area (Å²) >= 11 is 3.23. The molecule has 0 bridgehead atoms. The smallest absolute Gasteiger partial charge is 0.248 e. The maximum atomic E-state index is 13.6. The summed E-state index contributed by atoms with van der Waals surface area (Å²) < 4.78 is 24.5. The molecular weight excluding hydrogens is 377 g/mol. The second kappa shape index (κ2) is 8.49. The van der Waals surface area contributed by atoms with Gasteiger partial charge in [0.1, 0.15) is 11.6 Å². The minimum absolute atomic E-state index is 0.271. The molecular formula is C18H17BrFNO3. The van der Waals surface area contributed by atoms with Gasteiger partial charge >= 0.3 is 0 Å². The average molecular weight is 394 g/mol. The van der Waals surface area contributed by atoms with Crippen LogP contribution in [0, 0.1) is 5.82 Å². The van der Waals surface area contributed by atoms with Gasteiger partial charge in [-0.15, -0.1) is 0 Å². The molecule has 1 N–H and O–H groups in total. The molecule has 0 saturated heterocycles. The second-order valence-electron chi connectivity index (χ2n) is 4.79. The monoisotopic (exact) mass is 393 g/mol. The number of rotatable bonds is 6. The fourth-order valence-electron chi connectivity index (χ4n) is 2.01. The number of carbonyl (C=O) groups excluding carboxylic acids is 1. The van der Waals surface area contributed by atoms with Crippen molar-refractivity contribution in [1.29, 1.82) is 0 Å². The predicted molar refractivity (Wildman–Crippen MR) is 95.9 cm³/mol. The summed E-state index contributed by atoms with van der Waals surface area (Å²) in [5.74, 6) is 0.275. The molecule has 0 spiro atoms. The molecule has 0 atom stereocenters. The van der Waals surface area contributed by atoms with E-state index in [2.05, 4.69) is 21.2 Å². The average Bonchev–Trinajstić information content (AvgIpc) is 2.56. The van der Waals surface area contributed by atoms with Crippen LogP contribution in [0.4, 0.5) is 10.1 Å². The molecule has 2 aromatic carbocycles. The largest absolute Gasteiger partial charge is 0.497 e. The summed E-state index contributed by atoms with van der Waals surface area (Å²) in [7, 11) is 1.59. The molecule has 4 nitrogen and oxygen atoms in total. The number of carbonyl (C=O) groups is 1. The summed E-state index contributed by atoms with van der Waals surface area (Å²) in [6, 6.07) is 9.76. The van der Waals surface area contributed by atoms with E-state index >= 15 is 0 Å². The highest BCUT2D eigenvalue weighted by Gasteiger charge is 2.12. The van der Waals surface area contributed by atoms with Gasteiger partial charge in [0.15, 0.2) is 5.75 Å². The second-order valence-corrected chi connectivity index (χ2v) is 5.65. The third kappa shape index (κ3) is 4.83. The molecule has 24 heavy (non-hydrogen) atoms. The molecule has 0 unspecified atom stereocenters. The maximum Gasteiger partial charge on any atom is 0.248 e. The van der Waals surface area contributed by atoms with Gasteiger partial charge in [-0.2, -0.15) is 0 Å². The van der Waals surface area contributed by atoms with E-state index in [-0.39, 0.29) is 11.6 Å². The van der Waals surface area contributed by atoms with Gasteiger partial charge in [-0.3, -0.25) is 4.79 Å². The fourth-order valence-corrected chi connectivity index (χ4v) is 2.55. The van der Waals surface area contributed by atoms with E-state index in [9.17, 15) is 9.18 Å². The molecule has 0 fully saturated rings. The zero-order valence-corrected chi connectivity index (χ0v) is 14.9. The summed E-state index contributed by atoms with van der Waals surface area (Å²) in [4.78, 5) is 12.1. The summed E-state index contributed by atoms with van der Waals surface area (Å²) in [5, 5.41) is 2.62. The van der Waals surface area contributed by atoms with Gasteiger partial charge < -0.3 is 14.8 Å². The Hall–Kier alpha value is -2.34. The lowest BCUT2D eigenvalue weighted by molar-refractivity contribution is -0.111. The lowest BCUT2D eigenvalue weighted by atomic mass is 10.2. The summed E-state index contributed by atoms with van der Waals surface area (Å²) in [5.41, 5.74) is 1.12. The molecule has 1 amide bonds. The van der Waals surface area contributed by atoms with Crippen LogP contribution in [0.1, 0.15) is 12.5 Å². The van der Waals surface area contributed by atoms with Crippen LogP contribution in [0.3, 0.4) is 0 Å². The Morgan fingerprint density at radius 1 is 1.29 bits per heavy atom. The van der Waals surface area contributed by atoms with E-state index in [0.717, 1.165) is 11.3 Å². The van der Waals surface area contributed by atoms with Crippen LogP contribution in [0.25, 0.3) is 6.08 Å². The highest BCUT2D eigenvalue weighted by molar-refractivity contribution is 9.10. The van der Waals surface area contributed by atoms with Crippen molar-refractivity contribution in [3.8, 4) is 11.5 Å². The van der Waals surface area contributed by atoms with Crippen molar-refractivity contribution in [3.63, 3.8) is 0 Å². The molecule has 0 heterocycles. The summed E-state index contributed by atoms with van der Waals surface area (Å²) in [6.45, 7) is 2.21. The van der Waals surface area contributed by atoms with E-state index < -0.39 is 5.82 Å². The number of nitrogens with one attached hydrogen (secondary N) is 1. The van der Waals surface area contributed by atoms with Crippen LogP contribution in [0.5, 0.6) is 11.5 Å². The first-order valence-corrected chi connectivity index (χ1v) is 8.07. The molecule has 2 aromatic rings. The highest BCUT2D eigenvalue weighted by atomic mass is 79.9. The van der Waals surface area contributed by atoms with Crippen LogP contribution in [-0.2, 0) is 4.79 Å². The van der Waals surface area contributed by atoms with Crippen molar-refractivity contribution in [2.24, 2.45) is 0 Å². The maximum absolute atomic E-state index is 13.6. The van der Waals surface area contributed by atoms with E-state index in [1.807, 2.05) is 19.1 Å². The van der Waals surface area contributed by atoms with E-state index in [0.29, 0.717) is 16.8 Å². The Morgan fingerprint density at radius 2 is 2.00 bits per heavy atom. The molecule has 0 saturated carbocycles. The number of anilines is 1. The minimum Gasteiger partial charge on any atom is -0.497 e. The molecule has 6 heteroatoms. The van der Waals surface area contributed by atoms with Crippen molar-refractivity contribution < 1.29 is 18.7 Å². The van der Waals surface area contributed by atoms with Gasteiger partial charge in [0.05, 0.1) is 23.9 Å². The lowest BCUT2D eigenvalue weighted by Gasteiger charge is -2.12. The summed E-state index contributed by atoms with van der Waals surface area (Å²) in [6.07, 6.45) is 3.03. The number of hydrogen-bond acceptors (Lipinski definition) is 3. The molecule has 0 aliphatic carbocycles. The van der Waals surface area contributed by atoms with Crippen molar-refractivity contribution in [2.45, 2.75) is 6.92 Å². The minimum atomic E-state index is -0.472. The Morgan fingerprint density at radius 3 is 2.62 bits per heavy atom. The van der Waals surface area contributed by atoms with Crippen LogP contribution in [0.2, 0.25) is 0 Å². The van der Waals surface area contributed by atoms with Crippen molar-refractivity contribution in [1.82, 2.24) is 0 Å². The normalized spacial score (nSPS) is 10.7. The zero-order chi connectivity index (χ0) is 17.5. The molecule has 0 aliphatic heterocycles.